The number of piperidine rings is 1. The lowest BCUT2D eigenvalue weighted by Crippen LogP contribution is -2.49. The van der Waals surface area contributed by atoms with Crippen molar-refractivity contribution in [3.63, 3.8) is 0 Å². The minimum Gasteiger partial charge on any atom is -0.342 e. The first kappa shape index (κ1) is 19.7. The Hall–Kier alpha value is -2.20. The second-order valence-electron chi connectivity index (χ2n) is 9.33. The predicted molar refractivity (Wildman–Crippen MR) is 117 cm³/mol. The number of hydrogen-bond donors (Lipinski definition) is 1. The van der Waals surface area contributed by atoms with Crippen molar-refractivity contribution in [3.05, 3.63) is 70.8 Å². The highest BCUT2D eigenvalue weighted by atomic mass is 19.1. The molecule has 0 saturated carbocycles. The molecule has 2 aliphatic heterocycles. The van der Waals surface area contributed by atoms with E-state index in [0.717, 1.165) is 63.8 Å². The van der Waals surface area contributed by atoms with Crippen LogP contribution in [-0.4, -0.2) is 37.0 Å². The molecule has 3 aliphatic rings. The molecule has 2 atom stereocenters. The number of likely N-dealkylation sites (tertiary alicyclic amines) is 1. The van der Waals surface area contributed by atoms with Gasteiger partial charge in [-0.2, -0.15) is 0 Å². The minimum atomic E-state index is -0.419. The molecular formula is C26H31FN2O. The quantitative estimate of drug-likeness (QED) is 0.822. The Kier molecular flexibility index (Phi) is 5.36. The van der Waals surface area contributed by atoms with Crippen molar-refractivity contribution in [2.75, 3.05) is 26.2 Å². The number of rotatable bonds is 3. The highest BCUT2D eigenvalue weighted by Gasteiger charge is 2.51. The van der Waals surface area contributed by atoms with Crippen LogP contribution in [0.3, 0.4) is 0 Å². The molecule has 2 unspecified atom stereocenters. The van der Waals surface area contributed by atoms with Crippen LogP contribution in [0.15, 0.2) is 48.5 Å². The number of amides is 1. The van der Waals surface area contributed by atoms with Gasteiger partial charge in [0.05, 0.1) is 5.92 Å². The van der Waals surface area contributed by atoms with Gasteiger partial charge in [-0.05, 0) is 60.3 Å². The van der Waals surface area contributed by atoms with Gasteiger partial charge in [0.2, 0.25) is 5.91 Å². The Morgan fingerprint density at radius 2 is 1.93 bits per heavy atom. The van der Waals surface area contributed by atoms with Gasteiger partial charge in [-0.25, -0.2) is 4.39 Å². The molecule has 2 fully saturated rings. The second kappa shape index (κ2) is 8.14. The van der Waals surface area contributed by atoms with Crippen LogP contribution in [0.4, 0.5) is 4.39 Å². The Morgan fingerprint density at radius 1 is 1.13 bits per heavy atom. The number of carbonyl (C=O) groups excluding carboxylic acids is 1. The largest absolute Gasteiger partial charge is 0.342 e. The lowest BCUT2D eigenvalue weighted by Gasteiger charge is -2.42. The number of fused-ring (bicyclic) bond motifs is 2. The summed E-state index contributed by atoms with van der Waals surface area (Å²) >= 11 is 0. The Bertz CT molecular complexity index is 907. The second-order valence-corrected chi connectivity index (χ2v) is 9.33. The zero-order valence-electron chi connectivity index (χ0n) is 17.6. The standard InChI is InChI=1S/C26H31FN2O/c27-16-19-8-9-23-22(15-19)7-4-12-26(23)18-28-17-24(26)25(30)29-13-10-21(11-14-29)20-5-2-1-3-6-20/h1-3,5-6,8-9,15,21,24,28H,4,7,10-14,16-18H2. The summed E-state index contributed by atoms with van der Waals surface area (Å²) in [7, 11) is 0. The molecule has 0 radical (unpaired) electrons. The van der Waals surface area contributed by atoms with E-state index in [2.05, 4.69) is 46.6 Å². The van der Waals surface area contributed by atoms with Crippen molar-refractivity contribution in [1.82, 2.24) is 10.2 Å². The van der Waals surface area contributed by atoms with Crippen LogP contribution in [0.5, 0.6) is 0 Å². The molecule has 1 N–H and O–H groups in total. The molecule has 158 valence electrons. The first-order valence-electron chi connectivity index (χ1n) is 11.4. The van der Waals surface area contributed by atoms with Gasteiger partial charge in [0.25, 0.3) is 0 Å². The average molecular weight is 407 g/mol. The molecule has 1 spiro atoms. The topological polar surface area (TPSA) is 32.3 Å². The van der Waals surface area contributed by atoms with Crippen molar-refractivity contribution in [2.24, 2.45) is 5.92 Å². The predicted octanol–water partition coefficient (Wildman–Crippen LogP) is 4.36. The van der Waals surface area contributed by atoms with Gasteiger partial charge in [0, 0.05) is 31.6 Å². The van der Waals surface area contributed by atoms with Crippen LogP contribution in [0.2, 0.25) is 0 Å². The zero-order valence-corrected chi connectivity index (χ0v) is 17.6. The lowest BCUT2D eigenvalue weighted by atomic mass is 9.64. The summed E-state index contributed by atoms with van der Waals surface area (Å²) in [6, 6.07) is 16.8. The monoisotopic (exact) mass is 406 g/mol. The molecule has 5 rings (SSSR count). The summed E-state index contributed by atoms with van der Waals surface area (Å²) in [5.74, 6) is 0.857. The van der Waals surface area contributed by atoms with Crippen molar-refractivity contribution in [2.45, 2.75) is 50.1 Å². The van der Waals surface area contributed by atoms with Crippen molar-refractivity contribution >= 4 is 5.91 Å². The van der Waals surface area contributed by atoms with Crippen LogP contribution in [0.25, 0.3) is 0 Å². The van der Waals surface area contributed by atoms with Gasteiger partial charge in [-0.15, -0.1) is 0 Å². The molecule has 0 bridgehead atoms. The first-order valence-corrected chi connectivity index (χ1v) is 11.4. The number of halogens is 1. The Balaban J connectivity index is 1.35. The van der Waals surface area contributed by atoms with Crippen molar-refractivity contribution in [3.8, 4) is 0 Å². The number of carbonyl (C=O) groups is 1. The average Bonchev–Trinajstić information content (AvgIpc) is 3.23. The van der Waals surface area contributed by atoms with E-state index < -0.39 is 6.67 Å². The van der Waals surface area contributed by atoms with E-state index in [1.807, 2.05) is 12.1 Å². The normalized spacial score (nSPS) is 26.7. The lowest BCUT2D eigenvalue weighted by molar-refractivity contribution is -0.138. The molecular weight excluding hydrogens is 375 g/mol. The third-order valence-electron chi connectivity index (χ3n) is 7.76. The number of nitrogens with zero attached hydrogens (tertiary/aromatic N) is 1. The van der Waals surface area contributed by atoms with Crippen molar-refractivity contribution in [1.29, 1.82) is 0 Å². The maximum atomic E-state index is 13.7. The Morgan fingerprint density at radius 3 is 2.70 bits per heavy atom. The smallest absolute Gasteiger partial charge is 0.227 e. The molecule has 2 heterocycles. The first-order chi connectivity index (χ1) is 14.7. The van der Waals surface area contributed by atoms with Crippen LogP contribution < -0.4 is 5.32 Å². The molecule has 3 nitrogen and oxygen atoms in total. The van der Waals surface area contributed by atoms with Gasteiger partial charge in [0.15, 0.2) is 0 Å². The van der Waals surface area contributed by atoms with Gasteiger partial charge in [-0.1, -0.05) is 48.5 Å². The number of aryl methyl sites for hydroxylation is 1. The molecule has 2 saturated heterocycles. The highest BCUT2D eigenvalue weighted by molar-refractivity contribution is 5.82. The minimum absolute atomic E-state index is 0.0129. The van der Waals surface area contributed by atoms with E-state index in [1.54, 1.807) is 0 Å². The maximum absolute atomic E-state index is 13.7. The van der Waals surface area contributed by atoms with Crippen LogP contribution >= 0.6 is 0 Å². The molecule has 0 aromatic heterocycles. The molecule has 1 aliphatic carbocycles. The molecule has 2 aromatic carbocycles. The summed E-state index contributed by atoms with van der Waals surface area (Å²) in [5, 5.41) is 3.54. The van der Waals surface area contributed by atoms with Gasteiger partial charge in [0.1, 0.15) is 6.67 Å². The highest BCUT2D eigenvalue weighted by Crippen LogP contribution is 2.46. The SMILES string of the molecule is O=C(C1CNCC12CCCc1cc(CF)ccc12)N1CCC(c2ccccc2)CC1. The Labute approximate surface area is 178 Å². The van der Waals surface area contributed by atoms with E-state index in [9.17, 15) is 9.18 Å². The summed E-state index contributed by atoms with van der Waals surface area (Å²) in [6.07, 6.45) is 5.19. The molecule has 4 heteroatoms. The summed E-state index contributed by atoms with van der Waals surface area (Å²) in [5.41, 5.74) is 4.56. The van der Waals surface area contributed by atoms with E-state index in [4.69, 9.17) is 0 Å². The number of benzene rings is 2. The van der Waals surface area contributed by atoms with Gasteiger partial charge < -0.3 is 10.2 Å². The fraction of sp³-hybridized carbons (Fsp3) is 0.500. The van der Waals surface area contributed by atoms with Gasteiger partial charge in [-0.3, -0.25) is 4.79 Å². The van der Waals surface area contributed by atoms with Crippen LogP contribution in [-0.2, 0) is 23.3 Å². The zero-order chi connectivity index (χ0) is 20.6. The maximum Gasteiger partial charge on any atom is 0.227 e. The van der Waals surface area contributed by atoms with Crippen molar-refractivity contribution < 1.29 is 9.18 Å². The summed E-state index contributed by atoms with van der Waals surface area (Å²) in [6.45, 7) is 2.88. The molecule has 30 heavy (non-hydrogen) atoms. The summed E-state index contributed by atoms with van der Waals surface area (Å²) in [4.78, 5) is 15.8. The number of hydrogen-bond acceptors (Lipinski definition) is 2. The van der Waals surface area contributed by atoms with E-state index in [1.165, 1.54) is 16.7 Å². The molecule has 1 amide bonds. The third kappa shape index (κ3) is 3.35. The number of alkyl halides is 1. The third-order valence-corrected chi connectivity index (χ3v) is 7.76. The van der Waals surface area contributed by atoms with E-state index in [-0.39, 0.29) is 11.3 Å². The fourth-order valence-electron chi connectivity index (χ4n) is 6.16. The van der Waals surface area contributed by atoms with E-state index >= 15 is 0 Å². The van der Waals surface area contributed by atoms with Gasteiger partial charge >= 0.3 is 0 Å². The van der Waals surface area contributed by atoms with Crippen LogP contribution in [0.1, 0.15) is 53.9 Å². The fourth-order valence-corrected chi connectivity index (χ4v) is 6.16. The summed E-state index contributed by atoms with van der Waals surface area (Å²) < 4.78 is 13.2. The molecule has 2 aromatic rings. The van der Waals surface area contributed by atoms with E-state index in [0.29, 0.717) is 11.8 Å². The van der Waals surface area contributed by atoms with Crippen LogP contribution in [0, 0.1) is 5.92 Å². The number of nitrogens with one attached hydrogen (secondary N) is 1.